The smallest absolute Gasteiger partial charge is 0.0478 e. The summed E-state index contributed by atoms with van der Waals surface area (Å²) in [6.07, 6.45) is 2.46. The zero-order valence-corrected chi connectivity index (χ0v) is 8.72. The third kappa shape index (κ3) is 5.24. The van der Waals surface area contributed by atoms with Crippen LogP contribution in [0.25, 0.3) is 0 Å². The molecule has 1 saturated heterocycles. The van der Waals surface area contributed by atoms with Crippen LogP contribution in [0.5, 0.6) is 0 Å². The van der Waals surface area contributed by atoms with Gasteiger partial charge in [0.1, 0.15) is 0 Å². The van der Waals surface area contributed by atoms with Crippen molar-refractivity contribution in [3.05, 3.63) is 0 Å². The van der Waals surface area contributed by atoms with Crippen molar-refractivity contribution in [2.75, 3.05) is 45.9 Å². The van der Waals surface area contributed by atoms with Crippen molar-refractivity contribution in [3.63, 3.8) is 0 Å². The Balaban J connectivity index is 1.98. The normalized spacial score (nSPS) is 20.1. The minimum absolute atomic E-state index is 0.849. The summed E-state index contributed by atoms with van der Waals surface area (Å²) in [7, 11) is 0. The fourth-order valence-electron chi connectivity index (χ4n) is 1.66. The Kier molecular flexibility index (Phi) is 6.15. The number of nitrogens with zero attached hydrogens (tertiary/aromatic N) is 1. The Labute approximate surface area is 81.4 Å². The molecular formula is C10H22N2O. The van der Waals surface area contributed by atoms with Crippen molar-refractivity contribution in [3.8, 4) is 0 Å². The van der Waals surface area contributed by atoms with Crippen LogP contribution < -0.4 is 5.32 Å². The summed E-state index contributed by atoms with van der Waals surface area (Å²) in [4.78, 5) is 2.53. The van der Waals surface area contributed by atoms with E-state index in [0.29, 0.717) is 0 Å². The highest BCUT2D eigenvalue weighted by atomic mass is 16.5. The van der Waals surface area contributed by atoms with Gasteiger partial charge in [0.2, 0.25) is 0 Å². The van der Waals surface area contributed by atoms with Crippen LogP contribution in [-0.2, 0) is 4.74 Å². The lowest BCUT2D eigenvalue weighted by molar-refractivity contribution is 0.133. The van der Waals surface area contributed by atoms with Gasteiger partial charge in [0.25, 0.3) is 0 Å². The monoisotopic (exact) mass is 186 g/mol. The molecule has 1 rings (SSSR count). The van der Waals surface area contributed by atoms with Gasteiger partial charge in [-0.05, 0) is 32.9 Å². The summed E-state index contributed by atoms with van der Waals surface area (Å²) in [5.74, 6) is 0. The van der Waals surface area contributed by atoms with E-state index < -0.39 is 0 Å². The first kappa shape index (κ1) is 11.0. The van der Waals surface area contributed by atoms with Gasteiger partial charge in [0.15, 0.2) is 0 Å². The second kappa shape index (κ2) is 7.30. The van der Waals surface area contributed by atoms with Gasteiger partial charge in [-0.15, -0.1) is 0 Å². The van der Waals surface area contributed by atoms with E-state index in [0.717, 1.165) is 19.8 Å². The van der Waals surface area contributed by atoms with Crippen LogP contribution in [-0.4, -0.2) is 50.8 Å². The van der Waals surface area contributed by atoms with E-state index >= 15 is 0 Å². The summed E-state index contributed by atoms with van der Waals surface area (Å²) in [5, 5.41) is 3.41. The van der Waals surface area contributed by atoms with E-state index in [1.54, 1.807) is 0 Å². The van der Waals surface area contributed by atoms with E-state index in [2.05, 4.69) is 17.1 Å². The maximum absolute atomic E-state index is 5.31. The molecule has 0 atom stereocenters. The SMILES string of the molecule is CCOCCCN1CCCNCC1. The van der Waals surface area contributed by atoms with Crippen LogP contribution in [0, 0.1) is 0 Å². The molecule has 0 amide bonds. The van der Waals surface area contributed by atoms with Crippen molar-refractivity contribution >= 4 is 0 Å². The Morgan fingerprint density at radius 1 is 1.31 bits per heavy atom. The highest BCUT2D eigenvalue weighted by molar-refractivity contribution is 4.65. The third-order valence-corrected chi connectivity index (χ3v) is 2.40. The minimum atomic E-state index is 0.849. The van der Waals surface area contributed by atoms with Crippen LogP contribution in [0.1, 0.15) is 19.8 Å². The number of hydrogen-bond donors (Lipinski definition) is 1. The molecule has 0 aromatic carbocycles. The molecular weight excluding hydrogens is 164 g/mol. The average Bonchev–Trinajstić information content (AvgIpc) is 2.41. The minimum Gasteiger partial charge on any atom is -0.382 e. The zero-order chi connectivity index (χ0) is 9.36. The van der Waals surface area contributed by atoms with E-state index in [-0.39, 0.29) is 0 Å². The zero-order valence-electron chi connectivity index (χ0n) is 8.72. The third-order valence-electron chi connectivity index (χ3n) is 2.40. The molecule has 0 unspecified atom stereocenters. The summed E-state index contributed by atoms with van der Waals surface area (Å²) in [5.41, 5.74) is 0. The molecule has 3 heteroatoms. The molecule has 0 spiro atoms. The summed E-state index contributed by atoms with van der Waals surface area (Å²) in [6, 6.07) is 0. The fraction of sp³-hybridized carbons (Fsp3) is 1.00. The number of nitrogens with one attached hydrogen (secondary N) is 1. The highest BCUT2D eigenvalue weighted by Gasteiger charge is 2.06. The molecule has 1 aliphatic rings. The highest BCUT2D eigenvalue weighted by Crippen LogP contribution is 1.96. The van der Waals surface area contributed by atoms with Crippen molar-refractivity contribution in [1.82, 2.24) is 10.2 Å². The average molecular weight is 186 g/mol. The molecule has 0 bridgehead atoms. The van der Waals surface area contributed by atoms with E-state index in [1.807, 2.05) is 0 Å². The maximum atomic E-state index is 5.31. The molecule has 0 saturated carbocycles. The number of ether oxygens (including phenoxy) is 1. The molecule has 13 heavy (non-hydrogen) atoms. The van der Waals surface area contributed by atoms with Gasteiger partial charge in [0.05, 0.1) is 0 Å². The lowest BCUT2D eigenvalue weighted by Crippen LogP contribution is -2.29. The molecule has 0 aliphatic carbocycles. The Morgan fingerprint density at radius 3 is 3.08 bits per heavy atom. The van der Waals surface area contributed by atoms with Crippen LogP contribution in [0.4, 0.5) is 0 Å². The van der Waals surface area contributed by atoms with Crippen molar-refractivity contribution in [1.29, 1.82) is 0 Å². The largest absolute Gasteiger partial charge is 0.382 e. The molecule has 3 nitrogen and oxygen atoms in total. The lowest BCUT2D eigenvalue weighted by Gasteiger charge is -2.18. The first-order valence-corrected chi connectivity index (χ1v) is 5.44. The quantitative estimate of drug-likeness (QED) is 0.640. The Hall–Kier alpha value is -0.120. The van der Waals surface area contributed by atoms with E-state index in [9.17, 15) is 0 Å². The van der Waals surface area contributed by atoms with Crippen LogP contribution in [0.3, 0.4) is 0 Å². The van der Waals surface area contributed by atoms with Gasteiger partial charge in [0, 0.05) is 32.8 Å². The molecule has 1 aliphatic heterocycles. The predicted octanol–water partition coefficient (Wildman–Crippen LogP) is 0.708. The molecule has 0 aromatic rings. The Morgan fingerprint density at radius 2 is 2.23 bits per heavy atom. The van der Waals surface area contributed by atoms with Crippen molar-refractivity contribution < 1.29 is 4.74 Å². The number of hydrogen-bond acceptors (Lipinski definition) is 3. The van der Waals surface area contributed by atoms with Gasteiger partial charge in [-0.2, -0.15) is 0 Å². The van der Waals surface area contributed by atoms with Gasteiger partial charge >= 0.3 is 0 Å². The van der Waals surface area contributed by atoms with Gasteiger partial charge in [-0.25, -0.2) is 0 Å². The second-order valence-corrected chi connectivity index (χ2v) is 3.50. The summed E-state index contributed by atoms with van der Waals surface area (Å²) >= 11 is 0. The molecule has 1 heterocycles. The molecule has 1 N–H and O–H groups in total. The first-order valence-electron chi connectivity index (χ1n) is 5.44. The van der Waals surface area contributed by atoms with Crippen LogP contribution in [0.15, 0.2) is 0 Å². The fourth-order valence-corrected chi connectivity index (χ4v) is 1.66. The van der Waals surface area contributed by atoms with E-state index in [1.165, 1.54) is 39.0 Å². The van der Waals surface area contributed by atoms with Crippen molar-refractivity contribution in [2.24, 2.45) is 0 Å². The molecule has 0 aromatic heterocycles. The maximum Gasteiger partial charge on any atom is 0.0478 e. The topological polar surface area (TPSA) is 24.5 Å². The predicted molar refractivity (Wildman–Crippen MR) is 55.0 cm³/mol. The Bertz CT molecular complexity index is 111. The summed E-state index contributed by atoms with van der Waals surface area (Å²) < 4.78 is 5.31. The standard InChI is InChI=1S/C10H22N2O/c1-2-13-10-4-8-12-7-3-5-11-6-9-12/h11H,2-10H2,1H3. The summed E-state index contributed by atoms with van der Waals surface area (Å²) in [6.45, 7) is 9.79. The molecule has 1 fully saturated rings. The number of rotatable bonds is 5. The van der Waals surface area contributed by atoms with E-state index in [4.69, 9.17) is 4.74 Å². The van der Waals surface area contributed by atoms with Crippen LogP contribution in [0.2, 0.25) is 0 Å². The van der Waals surface area contributed by atoms with Gasteiger partial charge < -0.3 is 15.0 Å². The second-order valence-electron chi connectivity index (χ2n) is 3.50. The van der Waals surface area contributed by atoms with Crippen LogP contribution >= 0.6 is 0 Å². The lowest BCUT2D eigenvalue weighted by atomic mass is 10.3. The van der Waals surface area contributed by atoms with Gasteiger partial charge in [-0.3, -0.25) is 0 Å². The molecule has 0 radical (unpaired) electrons. The van der Waals surface area contributed by atoms with Gasteiger partial charge in [-0.1, -0.05) is 0 Å². The first-order chi connectivity index (χ1) is 6.43. The molecule has 78 valence electrons. The van der Waals surface area contributed by atoms with Crippen molar-refractivity contribution in [2.45, 2.75) is 19.8 Å².